The maximum Gasteiger partial charge on any atom is 0.269 e. The SMILES string of the molecule is C/C(=N\O)C(C)(C)c1ccc([N+](=O)[O-])cc1. The molecule has 5 heteroatoms. The third-order valence-corrected chi connectivity index (χ3v) is 2.85. The lowest BCUT2D eigenvalue weighted by Crippen LogP contribution is -2.26. The highest BCUT2D eigenvalue weighted by molar-refractivity contribution is 5.91. The van der Waals surface area contributed by atoms with Crippen LogP contribution in [-0.2, 0) is 5.41 Å². The van der Waals surface area contributed by atoms with Crippen LogP contribution in [0.2, 0.25) is 0 Å². The summed E-state index contributed by atoms with van der Waals surface area (Å²) in [6.45, 7) is 5.49. The van der Waals surface area contributed by atoms with Gasteiger partial charge in [0, 0.05) is 17.5 Å². The molecule has 0 radical (unpaired) electrons. The number of hydrogen-bond donors (Lipinski definition) is 1. The van der Waals surface area contributed by atoms with E-state index in [9.17, 15) is 10.1 Å². The fourth-order valence-electron chi connectivity index (χ4n) is 1.33. The standard InChI is InChI=1S/C11H14N2O3/c1-8(12-14)11(2,3)9-4-6-10(7-5-9)13(15)16/h4-7,14H,1-3H3/b12-8+. The average molecular weight is 222 g/mol. The Hall–Kier alpha value is -1.91. The molecule has 16 heavy (non-hydrogen) atoms. The van der Waals surface area contributed by atoms with Crippen LogP contribution in [0.15, 0.2) is 29.4 Å². The summed E-state index contributed by atoms with van der Waals surface area (Å²) in [4.78, 5) is 10.1. The highest BCUT2D eigenvalue weighted by Crippen LogP contribution is 2.26. The van der Waals surface area contributed by atoms with Crippen LogP contribution in [0.1, 0.15) is 26.3 Å². The second-order valence-corrected chi connectivity index (χ2v) is 4.11. The number of hydrogen-bond acceptors (Lipinski definition) is 4. The van der Waals surface area contributed by atoms with Crippen molar-refractivity contribution in [1.82, 2.24) is 0 Å². The molecule has 0 aliphatic heterocycles. The predicted molar refractivity (Wildman–Crippen MR) is 61.0 cm³/mol. The Bertz CT molecular complexity index is 421. The van der Waals surface area contributed by atoms with E-state index in [-0.39, 0.29) is 5.69 Å². The van der Waals surface area contributed by atoms with E-state index < -0.39 is 10.3 Å². The number of oxime groups is 1. The lowest BCUT2D eigenvalue weighted by molar-refractivity contribution is -0.384. The van der Waals surface area contributed by atoms with Gasteiger partial charge in [0.15, 0.2) is 0 Å². The fourth-order valence-corrected chi connectivity index (χ4v) is 1.33. The van der Waals surface area contributed by atoms with E-state index in [1.165, 1.54) is 12.1 Å². The molecule has 0 bridgehead atoms. The first-order valence-corrected chi connectivity index (χ1v) is 4.83. The van der Waals surface area contributed by atoms with Gasteiger partial charge in [-0.2, -0.15) is 0 Å². The molecule has 5 nitrogen and oxygen atoms in total. The van der Waals surface area contributed by atoms with Crippen LogP contribution >= 0.6 is 0 Å². The molecular weight excluding hydrogens is 208 g/mol. The van der Waals surface area contributed by atoms with Gasteiger partial charge in [-0.25, -0.2) is 0 Å². The van der Waals surface area contributed by atoms with Crippen LogP contribution in [0.5, 0.6) is 0 Å². The number of non-ortho nitro benzene ring substituents is 1. The van der Waals surface area contributed by atoms with Crippen molar-refractivity contribution in [3.05, 3.63) is 39.9 Å². The van der Waals surface area contributed by atoms with Gasteiger partial charge in [-0.1, -0.05) is 31.1 Å². The van der Waals surface area contributed by atoms with Gasteiger partial charge < -0.3 is 5.21 Å². The van der Waals surface area contributed by atoms with E-state index in [2.05, 4.69) is 5.16 Å². The minimum absolute atomic E-state index is 0.0538. The zero-order valence-corrected chi connectivity index (χ0v) is 9.47. The van der Waals surface area contributed by atoms with Crippen molar-refractivity contribution < 1.29 is 10.1 Å². The van der Waals surface area contributed by atoms with Crippen LogP contribution in [0, 0.1) is 10.1 Å². The first-order chi connectivity index (χ1) is 7.39. The van der Waals surface area contributed by atoms with Crippen LogP contribution < -0.4 is 0 Å². The van der Waals surface area contributed by atoms with E-state index in [4.69, 9.17) is 5.21 Å². The Labute approximate surface area is 93.6 Å². The number of rotatable bonds is 3. The van der Waals surface area contributed by atoms with E-state index >= 15 is 0 Å². The summed E-state index contributed by atoms with van der Waals surface area (Å²) in [5.41, 5.74) is 1.04. The Morgan fingerprint density at radius 3 is 2.25 bits per heavy atom. The molecule has 0 spiro atoms. The molecule has 1 aromatic carbocycles. The van der Waals surface area contributed by atoms with Gasteiger partial charge in [0.05, 0.1) is 10.6 Å². The molecule has 0 saturated heterocycles. The normalized spacial score (nSPS) is 12.6. The number of nitrogens with zero attached hydrogens (tertiary/aromatic N) is 2. The number of benzene rings is 1. The molecule has 0 heterocycles. The van der Waals surface area contributed by atoms with E-state index in [1.54, 1.807) is 19.1 Å². The lowest BCUT2D eigenvalue weighted by atomic mass is 9.81. The first kappa shape index (κ1) is 12.2. The van der Waals surface area contributed by atoms with Crippen LogP contribution in [0.4, 0.5) is 5.69 Å². The third-order valence-electron chi connectivity index (χ3n) is 2.85. The van der Waals surface area contributed by atoms with Crippen LogP contribution in [-0.4, -0.2) is 15.8 Å². The first-order valence-electron chi connectivity index (χ1n) is 4.83. The van der Waals surface area contributed by atoms with Crippen molar-refractivity contribution in [1.29, 1.82) is 0 Å². The maximum absolute atomic E-state index is 10.5. The molecule has 0 saturated carbocycles. The van der Waals surface area contributed by atoms with Crippen molar-refractivity contribution in [2.45, 2.75) is 26.2 Å². The van der Waals surface area contributed by atoms with Crippen molar-refractivity contribution in [3.8, 4) is 0 Å². The van der Waals surface area contributed by atoms with Crippen molar-refractivity contribution in [2.75, 3.05) is 0 Å². The Balaban J connectivity index is 3.11. The van der Waals surface area contributed by atoms with Crippen LogP contribution in [0.3, 0.4) is 0 Å². The molecule has 1 rings (SSSR count). The smallest absolute Gasteiger partial charge is 0.269 e. The van der Waals surface area contributed by atoms with Gasteiger partial charge in [0.2, 0.25) is 0 Å². The van der Waals surface area contributed by atoms with E-state index in [0.29, 0.717) is 5.71 Å². The van der Waals surface area contributed by atoms with Gasteiger partial charge in [-0.15, -0.1) is 0 Å². The summed E-state index contributed by atoms with van der Waals surface area (Å²) >= 11 is 0. The summed E-state index contributed by atoms with van der Waals surface area (Å²) < 4.78 is 0. The largest absolute Gasteiger partial charge is 0.411 e. The molecule has 0 amide bonds. The van der Waals surface area contributed by atoms with Crippen LogP contribution in [0.25, 0.3) is 0 Å². The highest BCUT2D eigenvalue weighted by Gasteiger charge is 2.25. The van der Waals surface area contributed by atoms with Crippen molar-refractivity contribution >= 4 is 11.4 Å². The summed E-state index contributed by atoms with van der Waals surface area (Å²) in [7, 11) is 0. The molecule has 0 fully saturated rings. The van der Waals surface area contributed by atoms with Crippen molar-refractivity contribution in [2.24, 2.45) is 5.16 Å². The lowest BCUT2D eigenvalue weighted by Gasteiger charge is -2.23. The molecule has 1 aromatic rings. The average Bonchev–Trinajstić information content (AvgIpc) is 2.28. The fraction of sp³-hybridized carbons (Fsp3) is 0.364. The van der Waals surface area contributed by atoms with Gasteiger partial charge >= 0.3 is 0 Å². The van der Waals surface area contributed by atoms with E-state index in [0.717, 1.165) is 5.56 Å². The van der Waals surface area contributed by atoms with Gasteiger partial charge in [0.1, 0.15) is 0 Å². The number of nitro benzene ring substituents is 1. The Kier molecular flexibility index (Phi) is 3.27. The zero-order chi connectivity index (χ0) is 12.3. The predicted octanol–water partition coefficient (Wildman–Crippen LogP) is 2.72. The quantitative estimate of drug-likeness (QED) is 0.369. The molecule has 0 aliphatic rings. The Morgan fingerprint density at radius 2 is 1.88 bits per heavy atom. The zero-order valence-electron chi connectivity index (χ0n) is 9.47. The van der Waals surface area contributed by atoms with Gasteiger partial charge in [0.25, 0.3) is 5.69 Å². The summed E-state index contributed by atoms with van der Waals surface area (Å²) in [6, 6.07) is 6.24. The van der Waals surface area contributed by atoms with Gasteiger partial charge in [-0.3, -0.25) is 10.1 Å². The summed E-state index contributed by atoms with van der Waals surface area (Å²) in [5.74, 6) is 0. The molecule has 0 aliphatic carbocycles. The van der Waals surface area contributed by atoms with Gasteiger partial charge in [-0.05, 0) is 12.5 Å². The second-order valence-electron chi connectivity index (χ2n) is 4.11. The minimum Gasteiger partial charge on any atom is -0.411 e. The summed E-state index contributed by atoms with van der Waals surface area (Å²) in [5, 5.41) is 22.4. The highest BCUT2D eigenvalue weighted by atomic mass is 16.6. The molecule has 0 atom stereocenters. The molecule has 0 unspecified atom stereocenters. The molecule has 86 valence electrons. The van der Waals surface area contributed by atoms with Crippen molar-refractivity contribution in [3.63, 3.8) is 0 Å². The second kappa shape index (κ2) is 4.30. The third kappa shape index (κ3) is 2.18. The molecule has 0 aromatic heterocycles. The Morgan fingerprint density at radius 1 is 1.38 bits per heavy atom. The molecule has 1 N–H and O–H groups in total. The monoisotopic (exact) mass is 222 g/mol. The topological polar surface area (TPSA) is 75.7 Å². The summed E-state index contributed by atoms with van der Waals surface area (Å²) in [6.07, 6.45) is 0. The maximum atomic E-state index is 10.5. The van der Waals surface area contributed by atoms with E-state index in [1.807, 2.05) is 13.8 Å². The minimum atomic E-state index is -0.441. The number of nitro groups is 1. The molecular formula is C11H14N2O3.